The molecule has 0 saturated heterocycles. The smallest absolute Gasteiger partial charge is 0.128 e. The Hall–Kier alpha value is -2.66. The van der Waals surface area contributed by atoms with E-state index in [1.807, 2.05) is 48.5 Å². The SMILES string of the molecule is OC1COc2ccccc2C=NCCN=Cc2ccccc2OC1. The monoisotopic (exact) mass is 324 g/mol. The Labute approximate surface area is 141 Å². The number of nitrogens with zero attached hydrogens (tertiary/aromatic N) is 2. The standard InChI is InChI=1S/C19H20N2O3/c22-17-13-23-18-7-3-1-5-15(18)11-20-9-10-21-12-16-6-2-4-8-19(16)24-14-17/h1-8,11-12,17,22H,9-10,13-14H2. The van der Waals surface area contributed by atoms with Crippen LogP contribution >= 0.6 is 0 Å². The van der Waals surface area contributed by atoms with Crippen LogP contribution in [0.1, 0.15) is 11.1 Å². The number of hydrogen-bond acceptors (Lipinski definition) is 5. The highest BCUT2D eigenvalue weighted by Crippen LogP contribution is 2.18. The summed E-state index contributed by atoms with van der Waals surface area (Å²) in [5.74, 6) is 1.39. The Morgan fingerprint density at radius 1 is 0.750 bits per heavy atom. The molecule has 24 heavy (non-hydrogen) atoms. The molecular formula is C19H20N2O3. The Balaban J connectivity index is 1.80. The van der Waals surface area contributed by atoms with Crippen LogP contribution in [-0.4, -0.2) is 49.9 Å². The zero-order valence-electron chi connectivity index (χ0n) is 13.3. The van der Waals surface area contributed by atoms with Crippen LogP contribution in [0.15, 0.2) is 58.5 Å². The van der Waals surface area contributed by atoms with E-state index in [0.29, 0.717) is 24.6 Å². The molecule has 0 amide bonds. The lowest BCUT2D eigenvalue weighted by molar-refractivity contribution is 0.0625. The summed E-state index contributed by atoms with van der Waals surface area (Å²) >= 11 is 0. The van der Waals surface area contributed by atoms with E-state index in [4.69, 9.17) is 9.47 Å². The number of aliphatic imine (C=N–C) groups is 2. The fourth-order valence-electron chi connectivity index (χ4n) is 2.30. The van der Waals surface area contributed by atoms with Crippen LogP contribution in [0.5, 0.6) is 11.5 Å². The average Bonchev–Trinajstić information content (AvgIpc) is 2.62. The second-order valence-electron chi connectivity index (χ2n) is 5.42. The highest BCUT2D eigenvalue weighted by molar-refractivity contribution is 5.84. The van der Waals surface area contributed by atoms with Crippen molar-refractivity contribution in [1.29, 1.82) is 0 Å². The first-order valence-electron chi connectivity index (χ1n) is 7.94. The summed E-state index contributed by atoms with van der Waals surface area (Å²) in [4.78, 5) is 8.77. The van der Waals surface area contributed by atoms with Gasteiger partial charge in [0.2, 0.25) is 0 Å². The number of aliphatic hydroxyl groups excluding tert-OH is 1. The molecule has 2 aromatic rings. The highest BCUT2D eigenvalue weighted by atomic mass is 16.5. The fraction of sp³-hybridized carbons (Fsp3) is 0.263. The summed E-state index contributed by atoms with van der Waals surface area (Å²) in [6, 6.07) is 15.2. The van der Waals surface area contributed by atoms with Crippen LogP contribution in [0.25, 0.3) is 0 Å². The van der Waals surface area contributed by atoms with Crippen molar-refractivity contribution >= 4 is 12.4 Å². The maximum atomic E-state index is 10.1. The number of aliphatic hydroxyl groups is 1. The van der Waals surface area contributed by atoms with Crippen molar-refractivity contribution in [2.45, 2.75) is 6.10 Å². The second-order valence-corrected chi connectivity index (χ2v) is 5.42. The molecule has 0 saturated carbocycles. The third kappa shape index (κ3) is 4.43. The largest absolute Gasteiger partial charge is 0.490 e. The molecule has 1 N–H and O–H groups in total. The van der Waals surface area contributed by atoms with E-state index in [-0.39, 0.29) is 13.2 Å². The van der Waals surface area contributed by atoms with Crippen molar-refractivity contribution in [3.63, 3.8) is 0 Å². The number of rotatable bonds is 0. The van der Waals surface area contributed by atoms with E-state index in [1.54, 1.807) is 12.4 Å². The number of fused-ring (bicyclic) bond motifs is 2. The van der Waals surface area contributed by atoms with Crippen molar-refractivity contribution in [3.8, 4) is 11.5 Å². The number of para-hydroxylation sites is 2. The van der Waals surface area contributed by atoms with Crippen molar-refractivity contribution in [3.05, 3.63) is 59.7 Å². The predicted octanol–water partition coefficient (Wildman–Crippen LogP) is 2.36. The van der Waals surface area contributed by atoms with Crippen LogP contribution in [0.2, 0.25) is 0 Å². The molecule has 5 nitrogen and oxygen atoms in total. The topological polar surface area (TPSA) is 63.4 Å². The van der Waals surface area contributed by atoms with Crippen LogP contribution in [0.3, 0.4) is 0 Å². The lowest BCUT2D eigenvalue weighted by Gasteiger charge is -2.15. The molecule has 1 heterocycles. The molecule has 1 aliphatic rings. The first-order chi connectivity index (χ1) is 11.8. The molecular weight excluding hydrogens is 304 g/mol. The molecule has 0 unspecified atom stereocenters. The van der Waals surface area contributed by atoms with Gasteiger partial charge in [0, 0.05) is 23.6 Å². The van der Waals surface area contributed by atoms with Gasteiger partial charge in [-0.1, -0.05) is 24.3 Å². The van der Waals surface area contributed by atoms with Crippen LogP contribution < -0.4 is 9.47 Å². The minimum Gasteiger partial charge on any atom is -0.490 e. The summed E-state index contributed by atoms with van der Waals surface area (Å²) < 4.78 is 11.4. The Morgan fingerprint density at radius 3 is 1.71 bits per heavy atom. The van der Waals surface area contributed by atoms with Crippen molar-refractivity contribution in [1.82, 2.24) is 0 Å². The van der Waals surface area contributed by atoms with Gasteiger partial charge in [-0.25, -0.2) is 0 Å². The van der Waals surface area contributed by atoms with Gasteiger partial charge < -0.3 is 14.6 Å². The van der Waals surface area contributed by atoms with Crippen LogP contribution in [0, 0.1) is 0 Å². The molecule has 2 aromatic carbocycles. The minimum absolute atomic E-state index is 0.154. The quantitative estimate of drug-likeness (QED) is 0.809. The van der Waals surface area contributed by atoms with Crippen molar-refractivity contribution in [2.75, 3.05) is 26.3 Å². The zero-order valence-corrected chi connectivity index (χ0v) is 13.3. The summed E-state index contributed by atoms with van der Waals surface area (Å²) in [7, 11) is 0. The van der Waals surface area contributed by atoms with Gasteiger partial charge in [-0.05, 0) is 24.3 Å². The van der Waals surface area contributed by atoms with Gasteiger partial charge in [-0.2, -0.15) is 0 Å². The average molecular weight is 324 g/mol. The van der Waals surface area contributed by atoms with Gasteiger partial charge in [-0.3, -0.25) is 9.98 Å². The van der Waals surface area contributed by atoms with E-state index >= 15 is 0 Å². The minimum atomic E-state index is -0.731. The first kappa shape index (κ1) is 16.2. The van der Waals surface area contributed by atoms with E-state index in [9.17, 15) is 5.11 Å². The third-order valence-electron chi connectivity index (χ3n) is 3.52. The number of hydrogen-bond donors (Lipinski definition) is 1. The van der Waals surface area contributed by atoms with E-state index in [0.717, 1.165) is 11.1 Å². The molecule has 124 valence electrons. The van der Waals surface area contributed by atoms with Crippen LogP contribution in [-0.2, 0) is 0 Å². The molecule has 1 aliphatic heterocycles. The van der Waals surface area contributed by atoms with Gasteiger partial charge in [0.25, 0.3) is 0 Å². The third-order valence-corrected chi connectivity index (χ3v) is 3.52. The molecule has 5 heteroatoms. The molecule has 3 rings (SSSR count). The van der Waals surface area contributed by atoms with E-state index < -0.39 is 6.10 Å². The second kappa shape index (κ2) is 8.26. The summed E-state index contributed by atoms with van der Waals surface area (Å²) in [6.45, 7) is 1.50. The lowest BCUT2D eigenvalue weighted by Crippen LogP contribution is -2.25. The number of ether oxygens (including phenoxy) is 2. The zero-order chi connectivity index (χ0) is 16.6. The summed E-state index contributed by atoms with van der Waals surface area (Å²) in [5.41, 5.74) is 1.76. The Bertz CT molecular complexity index is 667. The van der Waals surface area contributed by atoms with Crippen molar-refractivity contribution in [2.24, 2.45) is 9.98 Å². The maximum absolute atomic E-state index is 10.1. The lowest BCUT2D eigenvalue weighted by atomic mass is 10.2. The van der Waals surface area contributed by atoms with Crippen molar-refractivity contribution < 1.29 is 14.6 Å². The van der Waals surface area contributed by atoms with Crippen LogP contribution in [0.4, 0.5) is 0 Å². The Morgan fingerprint density at radius 2 is 1.21 bits per heavy atom. The maximum Gasteiger partial charge on any atom is 0.128 e. The first-order valence-corrected chi connectivity index (χ1v) is 7.94. The van der Waals surface area contributed by atoms with Gasteiger partial charge >= 0.3 is 0 Å². The number of benzene rings is 2. The molecule has 0 radical (unpaired) electrons. The van der Waals surface area contributed by atoms with Gasteiger partial charge in [0.05, 0.1) is 13.1 Å². The molecule has 0 bridgehead atoms. The summed E-state index contributed by atoms with van der Waals surface area (Å²) in [6.07, 6.45) is 2.83. The molecule has 0 atom stereocenters. The molecule has 0 spiro atoms. The van der Waals surface area contributed by atoms with E-state index in [1.165, 1.54) is 0 Å². The molecule has 0 aromatic heterocycles. The summed E-state index contributed by atoms with van der Waals surface area (Å²) in [5, 5.41) is 10.1. The van der Waals surface area contributed by atoms with E-state index in [2.05, 4.69) is 9.98 Å². The Kier molecular flexibility index (Phi) is 5.58. The van der Waals surface area contributed by atoms with Gasteiger partial charge in [-0.15, -0.1) is 0 Å². The van der Waals surface area contributed by atoms with Gasteiger partial charge in [0.1, 0.15) is 30.8 Å². The van der Waals surface area contributed by atoms with Gasteiger partial charge in [0.15, 0.2) is 0 Å². The normalized spacial score (nSPS) is 18.3. The molecule has 0 fully saturated rings. The predicted molar refractivity (Wildman–Crippen MR) is 94.8 cm³/mol. The fourth-order valence-corrected chi connectivity index (χ4v) is 2.30. The highest BCUT2D eigenvalue weighted by Gasteiger charge is 2.10. The molecule has 0 aliphatic carbocycles.